The van der Waals surface area contributed by atoms with Crippen LogP contribution in [0.3, 0.4) is 0 Å². The summed E-state index contributed by atoms with van der Waals surface area (Å²) in [6, 6.07) is 4.96. The van der Waals surface area contributed by atoms with Gasteiger partial charge in [0.1, 0.15) is 5.82 Å². The van der Waals surface area contributed by atoms with Crippen LogP contribution in [0, 0.1) is 5.82 Å². The van der Waals surface area contributed by atoms with E-state index >= 15 is 0 Å². The Morgan fingerprint density at radius 3 is 3.05 bits per heavy atom. The molecule has 1 aliphatic heterocycles. The first-order chi connectivity index (χ1) is 9.06. The summed E-state index contributed by atoms with van der Waals surface area (Å²) in [4.78, 5) is 2.27. The molecule has 1 N–H and O–H groups in total. The van der Waals surface area contributed by atoms with Gasteiger partial charge in [-0.25, -0.2) is 4.39 Å². The molecule has 0 saturated carbocycles. The smallest absolute Gasteiger partial charge is 0.124 e. The lowest BCUT2D eigenvalue weighted by Crippen LogP contribution is -2.45. The van der Waals surface area contributed by atoms with Crippen molar-refractivity contribution >= 4 is 15.9 Å². The molecule has 2 atom stereocenters. The topological polar surface area (TPSA) is 24.5 Å². The highest BCUT2D eigenvalue weighted by Gasteiger charge is 2.18. The molecule has 0 bridgehead atoms. The van der Waals surface area contributed by atoms with Gasteiger partial charge >= 0.3 is 0 Å². The molecular formula is C14H20BrFN2O. The maximum Gasteiger partial charge on any atom is 0.124 e. The molecule has 0 radical (unpaired) electrons. The standard InChI is InChI=1S/C14H20BrFN2O/c1-10(13-4-3-11(16)7-14(13)15)17-8-12-9-18(2)5-6-19-12/h3-4,7,10,12,17H,5-6,8-9H2,1-2H3. The van der Waals surface area contributed by atoms with Crippen LogP contribution in [0.5, 0.6) is 0 Å². The normalized spacial score (nSPS) is 22.4. The number of nitrogens with one attached hydrogen (secondary N) is 1. The largest absolute Gasteiger partial charge is 0.374 e. The first-order valence-corrected chi connectivity index (χ1v) is 7.34. The van der Waals surface area contributed by atoms with Crippen molar-refractivity contribution in [2.45, 2.75) is 19.1 Å². The Hall–Kier alpha value is -0.490. The number of nitrogens with zero attached hydrogens (tertiary/aromatic N) is 1. The summed E-state index contributed by atoms with van der Waals surface area (Å²) in [5.74, 6) is -0.222. The highest BCUT2D eigenvalue weighted by molar-refractivity contribution is 9.10. The zero-order valence-electron chi connectivity index (χ0n) is 11.3. The van der Waals surface area contributed by atoms with Gasteiger partial charge in [-0.1, -0.05) is 22.0 Å². The lowest BCUT2D eigenvalue weighted by atomic mass is 10.1. The Morgan fingerprint density at radius 1 is 1.58 bits per heavy atom. The number of hydrogen-bond acceptors (Lipinski definition) is 3. The van der Waals surface area contributed by atoms with Gasteiger partial charge in [0.05, 0.1) is 12.7 Å². The third-order valence-corrected chi connectivity index (χ3v) is 4.11. The summed E-state index contributed by atoms with van der Waals surface area (Å²) in [5, 5.41) is 3.45. The molecule has 0 amide bonds. The second-order valence-corrected chi connectivity index (χ2v) is 5.91. The molecule has 1 saturated heterocycles. The molecule has 1 aromatic carbocycles. The highest BCUT2D eigenvalue weighted by Crippen LogP contribution is 2.24. The summed E-state index contributed by atoms with van der Waals surface area (Å²) < 4.78 is 19.6. The first-order valence-electron chi connectivity index (χ1n) is 6.54. The van der Waals surface area contributed by atoms with Crippen molar-refractivity contribution in [3.63, 3.8) is 0 Å². The Morgan fingerprint density at radius 2 is 2.37 bits per heavy atom. The second-order valence-electron chi connectivity index (χ2n) is 5.05. The van der Waals surface area contributed by atoms with Gasteiger partial charge in [0, 0.05) is 30.1 Å². The minimum atomic E-state index is -0.222. The fraction of sp³-hybridized carbons (Fsp3) is 0.571. The van der Waals surface area contributed by atoms with E-state index in [1.54, 1.807) is 0 Å². The van der Waals surface area contributed by atoms with E-state index in [-0.39, 0.29) is 18.0 Å². The van der Waals surface area contributed by atoms with Gasteiger partial charge in [0.25, 0.3) is 0 Å². The average Bonchev–Trinajstić information content (AvgIpc) is 2.36. The minimum Gasteiger partial charge on any atom is -0.374 e. The molecule has 1 aliphatic rings. The molecule has 2 rings (SSSR count). The van der Waals surface area contributed by atoms with E-state index in [1.807, 2.05) is 6.07 Å². The summed E-state index contributed by atoms with van der Waals surface area (Å²) in [5.41, 5.74) is 1.06. The zero-order chi connectivity index (χ0) is 13.8. The van der Waals surface area contributed by atoms with E-state index in [0.29, 0.717) is 0 Å². The molecule has 3 nitrogen and oxygen atoms in total. The average molecular weight is 331 g/mol. The zero-order valence-corrected chi connectivity index (χ0v) is 12.9. The minimum absolute atomic E-state index is 0.158. The molecule has 106 valence electrons. The maximum absolute atomic E-state index is 13.1. The van der Waals surface area contributed by atoms with Crippen LogP contribution in [0.4, 0.5) is 4.39 Å². The van der Waals surface area contributed by atoms with E-state index in [4.69, 9.17) is 4.74 Å². The van der Waals surface area contributed by atoms with E-state index in [9.17, 15) is 4.39 Å². The molecule has 0 spiro atoms. The summed E-state index contributed by atoms with van der Waals surface area (Å²) >= 11 is 3.40. The van der Waals surface area contributed by atoms with Crippen LogP contribution in [-0.2, 0) is 4.74 Å². The molecule has 19 heavy (non-hydrogen) atoms. The van der Waals surface area contributed by atoms with E-state index < -0.39 is 0 Å². The molecule has 1 aromatic rings. The van der Waals surface area contributed by atoms with E-state index in [2.05, 4.69) is 40.1 Å². The van der Waals surface area contributed by atoms with E-state index in [0.717, 1.165) is 36.3 Å². The van der Waals surface area contributed by atoms with Crippen molar-refractivity contribution in [1.29, 1.82) is 0 Å². The van der Waals surface area contributed by atoms with Gasteiger partial charge in [-0.3, -0.25) is 0 Å². The maximum atomic E-state index is 13.1. The van der Waals surface area contributed by atoms with Crippen molar-refractivity contribution in [1.82, 2.24) is 10.2 Å². The number of benzene rings is 1. The van der Waals surface area contributed by atoms with Crippen LogP contribution < -0.4 is 5.32 Å². The fourth-order valence-corrected chi connectivity index (χ4v) is 2.96. The Bertz CT molecular complexity index is 430. The van der Waals surface area contributed by atoms with Gasteiger partial charge in [-0.05, 0) is 31.7 Å². The number of rotatable bonds is 4. The highest BCUT2D eigenvalue weighted by atomic mass is 79.9. The SMILES string of the molecule is CC(NCC1CN(C)CCO1)c1ccc(F)cc1Br. The van der Waals surface area contributed by atoms with Crippen LogP contribution >= 0.6 is 15.9 Å². The molecule has 5 heteroatoms. The Kier molecular flexibility index (Phi) is 5.33. The predicted molar refractivity (Wildman–Crippen MR) is 77.8 cm³/mol. The number of hydrogen-bond donors (Lipinski definition) is 1. The van der Waals surface area contributed by atoms with Crippen LogP contribution in [0.1, 0.15) is 18.5 Å². The van der Waals surface area contributed by atoms with Crippen molar-refractivity contribution in [2.75, 3.05) is 33.3 Å². The third kappa shape index (κ3) is 4.24. The van der Waals surface area contributed by atoms with Crippen molar-refractivity contribution in [3.05, 3.63) is 34.1 Å². The number of likely N-dealkylation sites (N-methyl/N-ethyl adjacent to an activating group) is 1. The van der Waals surface area contributed by atoms with E-state index in [1.165, 1.54) is 12.1 Å². The molecule has 0 aromatic heterocycles. The van der Waals surface area contributed by atoms with Crippen molar-refractivity contribution < 1.29 is 9.13 Å². The lowest BCUT2D eigenvalue weighted by molar-refractivity contribution is -0.0191. The number of halogens is 2. The fourth-order valence-electron chi connectivity index (χ4n) is 2.26. The van der Waals surface area contributed by atoms with Crippen LogP contribution in [0.15, 0.2) is 22.7 Å². The van der Waals surface area contributed by atoms with Gasteiger partial charge < -0.3 is 15.0 Å². The number of morpholine rings is 1. The third-order valence-electron chi connectivity index (χ3n) is 3.42. The summed E-state index contributed by atoms with van der Waals surface area (Å²) in [6.45, 7) is 5.61. The van der Waals surface area contributed by atoms with Crippen molar-refractivity contribution in [3.8, 4) is 0 Å². The van der Waals surface area contributed by atoms with Crippen LogP contribution in [0.25, 0.3) is 0 Å². The summed E-state index contributed by atoms with van der Waals surface area (Å²) in [6.07, 6.45) is 0.223. The first kappa shape index (κ1) is 14.9. The quantitative estimate of drug-likeness (QED) is 0.918. The second kappa shape index (κ2) is 6.79. The van der Waals surface area contributed by atoms with Crippen molar-refractivity contribution in [2.24, 2.45) is 0 Å². The Labute approximate surface area is 122 Å². The van der Waals surface area contributed by atoms with Crippen LogP contribution in [-0.4, -0.2) is 44.3 Å². The van der Waals surface area contributed by atoms with Gasteiger partial charge in [0.2, 0.25) is 0 Å². The van der Waals surface area contributed by atoms with Gasteiger partial charge in [0.15, 0.2) is 0 Å². The van der Waals surface area contributed by atoms with Gasteiger partial charge in [-0.15, -0.1) is 0 Å². The monoisotopic (exact) mass is 330 g/mol. The molecule has 2 unspecified atom stereocenters. The predicted octanol–water partition coefficient (Wildman–Crippen LogP) is 2.57. The molecule has 1 fully saturated rings. The molecule has 1 heterocycles. The van der Waals surface area contributed by atoms with Crippen LogP contribution in [0.2, 0.25) is 0 Å². The number of ether oxygens (including phenoxy) is 1. The van der Waals surface area contributed by atoms with Gasteiger partial charge in [-0.2, -0.15) is 0 Å². The molecular weight excluding hydrogens is 311 g/mol. The molecule has 0 aliphatic carbocycles. The lowest BCUT2D eigenvalue weighted by Gasteiger charge is -2.31. The summed E-state index contributed by atoms with van der Waals surface area (Å²) in [7, 11) is 2.11. The Balaban J connectivity index is 1.88.